The van der Waals surface area contributed by atoms with Crippen molar-refractivity contribution in [3.8, 4) is 0 Å². The van der Waals surface area contributed by atoms with E-state index < -0.39 is 17.2 Å². The highest BCUT2D eigenvalue weighted by Crippen LogP contribution is 2.11. The van der Waals surface area contributed by atoms with Gasteiger partial charge < -0.3 is 11.5 Å². The summed E-state index contributed by atoms with van der Waals surface area (Å²) in [7, 11) is 0. The number of halogens is 2. The van der Waals surface area contributed by atoms with Gasteiger partial charge in [0.15, 0.2) is 0 Å². The van der Waals surface area contributed by atoms with E-state index >= 15 is 0 Å². The molecule has 0 radical (unpaired) electrons. The topological polar surface area (TPSA) is 86.2 Å². The second-order valence-electron chi connectivity index (χ2n) is 2.35. The fourth-order valence-corrected chi connectivity index (χ4v) is 0.121. The summed E-state index contributed by atoms with van der Waals surface area (Å²) in [6.07, 6.45) is 0. The molecule has 0 atom stereocenters. The molecule has 0 rings (SSSR count). The predicted molar refractivity (Wildman–Crippen MR) is 46.7 cm³/mol. The second kappa shape index (κ2) is 5.21. The fourth-order valence-electron chi connectivity index (χ4n) is 0.121. The van der Waals surface area contributed by atoms with E-state index in [-0.39, 0.29) is 24.8 Å². The summed E-state index contributed by atoms with van der Waals surface area (Å²) in [6, 6.07) is 0. The molecular weight excluding hydrogens is 191 g/mol. The maximum Gasteiger partial charge on any atom is 0.232 e. The first-order chi connectivity index (χ1) is 3.89. The van der Waals surface area contributed by atoms with Gasteiger partial charge in [0.25, 0.3) is 0 Å². The van der Waals surface area contributed by atoms with Gasteiger partial charge in [-0.25, -0.2) is 0 Å². The molecule has 0 aromatic carbocycles. The van der Waals surface area contributed by atoms with E-state index in [2.05, 4.69) is 0 Å². The molecule has 0 fully saturated rings. The first-order valence-corrected chi connectivity index (χ1v) is 2.49. The Hall–Kier alpha value is -0.480. The molecule has 0 bridgehead atoms. The molecule has 0 aliphatic carbocycles. The van der Waals surface area contributed by atoms with E-state index in [4.69, 9.17) is 11.5 Å². The highest BCUT2D eigenvalue weighted by atomic mass is 35.5. The summed E-state index contributed by atoms with van der Waals surface area (Å²) in [6.45, 7) is 2.77. The van der Waals surface area contributed by atoms with Gasteiger partial charge in [-0.05, 0) is 13.8 Å². The Morgan fingerprint density at radius 1 is 1.00 bits per heavy atom. The van der Waals surface area contributed by atoms with Gasteiger partial charge in [-0.1, -0.05) is 0 Å². The summed E-state index contributed by atoms with van der Waals surface area (Å²) in [5, 5.41) is 0. The minimum atomic E-state index is -1.22. The summed E-state index contributed by atoms with van der Waals surface area (Å²) in [4.78, 5) is 20.8. The Kier molecular flexibility index (Phi) is 7.98. The standard InChI is InChI=1S/C5H10N2O2.2ClH/c1-5(2,3(6)8)4(7)9;;/h1-2H3,(H2,6,8)(H2,7,9);2*1H. The van der Waals surface area contributed by atoms with Crippen LogP contribution in [0.5, 0.6) is 0 Å². The molecule has 6 heteroatoms. The normalized spacial score (nSPS) is 8.91. The summed E-state index contributed by atoms with van der Waals surface area (Å²) < 4.78 is 0. The molecule has 68 valence electrons. The van der Waals surface area contributed by atoms with E-state index in [1.807, 2.05) is 0 Å². The molecule has 0 unspecified atom stereocenters. The first-order valence-electron chi connectivity index (χ1n) is 2.49. The Labute approximate surface area is 77.5 Å². The van der Waals surface area contributed by atoms with Gasteiger partial charge in [0.2, 0.25) is 11.8 Å². The summed E-state index contributed by atoms with van der Waals surface area (Å²) in [5.74, 6) is -1.40. The third-order valence-electron chi connectivity index (χ3n) is 1.23. The lowest BCUT2D eigenvalue weighted by atomic mass is 9.92. The van der Waals surface area contributed by atoms with Crippen LogP contribution in [0.25, 0.3) is 0 Å². The van der Waals surface area contributed by atoms with Crippen LogP contribution in [0.4, 0.5) is 0 Å². The average Bonchev–Trinajstić information content (AvgIpc) is 1.65. The van der Waals surface area contributed by atoms with Crippen molar-refractivity contribution in [1.29, 1.82) is 0 Å². The molecule has 2 amide bonds. The Morgan fingerprint density at radius 2 is 1.18 bits per heavy atom. The van der Waals surface area contributed by atoms with Crippen LogP contribution in [-0.2, 0) is 9.59 Å². The lowest BCUT2D eigenvalue weighted by Gasteiger charge is -2.14. The van der Waals surface area contributed by atoms with Crippen LogP contribution in [-0.4, -0.2) is 11.8 Å². The quantitative estimate of drug-likeness (QED) is 0.610. The molecule has 4 nitrogen and oxygen atoms in total. The van der Waals surface area contributed by atoms with Gasteiger partial charge in [0, 0.05) is 0 Å². The number of carbonyl (C=O) groups is 2. The minimum absolute atomic E-state index is 0. The molecule has 0 spiro atoms. The molecule has 4 N–H and O–H groups in total. The van der Waals surface area contributed by atoms with E-state index in [1.165, 1.54) is 13.8 Å². The van der Waals surface area contributed by atoms with Crippen LogP contribution in [0.15, 0.2) is 0 Å². The molecule has 11 heavy (non-hydrogen) atoms. The summed E-state index contributed by atoms with van der Waals surface area (Å²) >= 11 is 0. The smallest absolute Gasteiger partial charge is 0.232 e. The monoisotopic (exact) mass is 202 g/mol. The fraction of sp³-hybridized carbons (Fsp3) is 0.600. The predicted octanol–water partition coefficient (Wildman–Crippen LogP) is -0.173. The SMILES string of the molecule is CC(C)(C(N)=O)C(N)=O.Cl.Cl. The van der Waals surface area contributed by atoms with Crippen molar-refractivity contribution in [2.24, 2.45) is 16.9 Å². The lowest BCUT2D eigenvalue weighted by molar-refractivity contribution is -0.137. The largest absolute Gasteiger partial charge is 0.369 e. The highest BCUT2D eigenvalue weighted by molar-refractivity contribution is 6.02. The van der Waals surface area contributed by atoms with Crippen LogP contribution in [0.2, 0.25) is 0 Å². The molecular formula is C5H12Cl2N2O2. The van der Waals surface area contributed by atoms with Crippen LogP contribution >= 0.6 is 24.8 Å². The van der Waals surface area contributed by atoms with Gasteiger partial charge in [-0.2, -0.15) is 0 Å². The van der Waals surface area contributed by atoms with Crippen molar-refractivity contribution in [3.63, 3.8) is 0 Å². The number of carbonyl (C=O) groups excluding carboxylic acids is 2. The van der Waals surface area contributed by atoms with Gasteiger partial charge >= 0.3 is 0 Å². The van der Waals surface area contributed by atoms with Crippen molar-refractivity contribution in [2.45, 2.75) is 13.8 Å². The Bertz CT molecular complexity index is 143. The van der Waals surface area contributed by atoms with Crippen LogP contribution < -0.4 is 11.5 Å². The second-order valence-corrected chi connectivity index (χ2v) is 2.35. The molecule has 0 heterocycles. The van der Waals surface area contributed by atoms with Gasteiger partial charge in [0.05, 0.1) is 0 Å². The number of primary amides is 2. The lowest BCUT2D eigenvalue weighted by Crippen LogP contribution is -2.42. The van der Waals surface area contributed by atoms with Crippen LogP contribution in [0.3, 0.4) is 0 Å². The third kappa shape index (κ3) is 4.06. The van der Waals surface area contributed by atoms with Crippen LogP contribution in [0.1, 0.15) is 13.8 Å². The van der Waals surface area contributed by atoms with E-state index in [0.717, 1.165) is 0 Å². The van der Waals surface area contributed by atoms with Crippen molar-refractivity contribution in [2.75, 3.05) is 0 Å². The molecule has 0 aromatic rings. The highest BCUT2D eigenvalue weighted by Gasteiger charge is 2.31. The van der Waals surface area contributed by atoms with E-state index in [0.29, 0.717) is 0 Å². The molecule has 0 aliphatic rings. The maximum absolute atomic E-state index is 10.4. The summed E-state index contributed by atoms with van der Waals surface area (Å²) in [5.41, 5.74) is 8.44. The number of nitrogens with two attached hydrogens (primary N) is 2. The van der Waals surface area contributed by atoms with Gasteiger partial charge in [-0.15, -0.1) is 24.8 Å². The number of hydrogen-bond acceptors (Lipinski definition) is 2. The van der Waals surface area contributed by atoms with Crippen molar-refractivity contribution < 1.29 is 9.59 Å². The zero-order valence-electron chi connectivity index (χ0n) is 6.29. The zero-order chi connectivity index (χ0) is 7.65. The first kappa shape index (κ1) is 16.9. The number of amides is 2. The minimum Gasteiger partial charge on any atom is -0.369 e. The number of rotatable bonds is 2. The molecule has 0 saturated heterocycles. The zero-order valence-corrected chi connectivity index (χ0v) is 7.92. The molecule has 0 aliphatic heterocycles. The Balaban J connectivity index is -0.000000320. The van der Waals surface area contributed by atoms with Crippen molar-refractivity contribution in [1.82, 2.24) is 0 Å². The maximum atomic E-state index is 10.4. The Morgan fingerprint density at radius 3 is 1.18 bits per heavy atom. The van der Waals surface area contributed by atoms with E-state index in [9.17, 15) is 9.59 Å². The average molecular weight is 203 g/mol. The van der Waals surface area contributed by atoms with Gasteiger partial charge in [-0.3, -0.25) is 9.59 Å². The van der Waals surface area contributed by atoms with Crippen molar-refractivity contribution in [3.05, 3.63) is 0 Å². The third-order valence-corrected chi connectivity index (χ3v) is 1.23. The van der Waals surface area contributed by atoms with Crippen LogP contribution in [0, 0.1) is 5.41 Å². The van der Waals surface area contributed by atoms with E-state index in [1.54, 1.807) is 0 Å². The van der Waals surface area contributed by atoms with Crippen molar-refractivity contribution >= 4 is 36.6 Å². The molecule has 0 aromatic heterocycles. The number of hydrogen-bond donors (Lipinski definition) is 2. The molecule has 0 saturated carbocycles. The van der Waals surface area contributed by atoms with Gasteiger partial charge in [0.1, 0.15) is 5.41 Å².